The van der Waals surface area contributed by atoms with Gasteiger partial charge >= 0.3 is 0 Å². The average Bonchev–Trinajstić information content (AvgIpc) is 2.24. The summed E-state index contributed by atoms with van der Waals surface area (Å²) in [5.41, 5.74) is 1.22. The Kier molecular flexibility index (Phi) is 2.92. The minimum atomic E-state index is -0.676. The first-order valence-corrected chi connectivity index (χ1v) is 4.90. The first-order chi connectivity index (χ1) is 7.65. The van der Waals surface area contributed by atoms with E-state index in [2.05, 4.69) is 10.3 Å². The van der Waals surface area contributed by atoms with Crippen LogP contribution in [0.1, 0.15) is 0 Å². The van der Waals surface area contributed by atoms with Crippen molar-refractivity contribution in [2.45, 2.75) is 0 Å². The lowest BCUT2D eigenvalue weighted by atomic mass is 10.2. The standard InChI is InChI=1S/C11H8ClFN2O/c12-11-6-8(3-4-14-11)15-7-1-2-10(16)9(13)5-7/h1-6,16H,(H,14,15). The Balaban J connectivity index is 2.24. The first-order valence-electron chi connectivity index (χ1n) is 4.52. The van der Waals surface area contributed by atoms with Gasteiger partial charge in [-0.05, 0) is 24.3 Å². The van der Waals surface area contributed by atoms with Gasteiger partial charge in [-0.3, -0.25) is 0 Å². The highest BCUT2D eigenvalue weighted by Gasteiger charge is 2.02. The van der Waals surface area contributed by atoms with Crippen LogP contribution in [0.25, 0.3) is 0 Å². The molecule has 1 aromatic heterocycles. The van der Waals surface area contributed by atoms with E-state index in [9.17, 15) is 4.39 Å². The zero-order chi connectivity index (χ0) is 11.5. The smallest absolute Gasteiger partial charge is 0.166 e. The summed E-state index contributed by atoms with van der Waals surface area (Å²) < 4.78 is 13.0. The Morgan fingerprint density at radius 2 is 1.94 bits per heavy atom. The van der Waals surface area contributed by atoms with Crippen LogP contribution in [0.5, 0.6) is 5.75 Å². The Hall–Kier alpha value is -1.81. The van der Waals surface area contributed by atoms with Gasteiger partial charge in [0, 0.05) is 23.6 Å². The fraction of sp³-hybridized carbons (Fsp3) is 0. The molecule has 2 N–H and O–H groups in total. The Morgan fingerprint density at radius 3 is 2.62 bits per heavy atom. The molecular formula is C11H8ClFN2O. The molecule has 0 spiro atoms. The minimum Gasteiger partial charge on any atom is -0.505 e. The summed E-state index contributed by atoms with van der Waals surface area (Å²) in [6.07, 6.45) is 1.54. The number of benzene rings is 1. The van der Waals surface area contributed by atoms with Crippen molar-refractivity contribution in [1.82, 2.24) is 4.98 Å². The number of hydrogen-bond acceptors (Lipinski definition) is 3. The largest absolute Gasteiger partial charge is 0.505 e. The highest BCUT2D eigenvalue weighted by atomic mass is 35.5. The van der Waals surface area contributed by atoms with Gasteiger partial charge in [0.05, 0.1) is 0 Å². The quantitative estimate of drug-likeness (QED) is 0.623. The second kappa shape index (κ2) is 4.37. The van der Waals surface area contributed by atoms with Crippen molar-refractivity contribution in [3.63, 3.8) is 0 Å². The summed E-state index contributed by atoms with van der Waals surface area (Å²) in [4.78, 5) is 3.82. The molecule has 0 atom stereocenters. The van der Waals surface area contributed by atoms with Crippen LogP contribution in [-0.4, -0.2) is 10.1 Å². The van der Waals surface area contributed by atoms with E-state index in [-0.39, 0.29) is 5.75 Å². The number of phenolic OH excluding ortho intramolecular Hbond substituents is 1. The molecule has 1 heterocycles. The topological polar surface area (TPSA) is 45.1 Å². The number of nitrogens with one attached hydrogen (secondary N) is 1. The first kappa shape index (κ1) is 10.7. The van der Waals surface area contributed by atoms with Crippen molar-refractivity contribution in [1.29, 1.82) is 0 Å². The highest BCUT2D eigenvalue weighted by molar-refractivity contribution is 6.29. The maximum atomic E-state index is 13.0. The summed E-state index contributed by atoms with van der Waals surface area (Å²) in [6.45, 7) is 0. The third kappa shape index (κ3) is 2.41. The van der Waals surface area contributed by atoms with Crippen molar-refractivity contribution in [2.75, 3.05) is 5.32 Å². The van der Waals surface area contributed by atoms with Gasteiger partial charge < -0.3 is 10.4 Å². The molecule has 2 aromatic rings. The average molecular weight is 239 g/mol. The van der Waals surface area contributed by atoms with Crippen molar-refractivity contribution in [3.8, 4) is 5.75 Å². The van der Waals surface area contributed by atoms with Crippen LogP contribution in [0, 0.1) is 5.82 Å². The fourth-order valence-electron chi connectivity index (χ4n) is 1.23. The van der Waals surface area contributed by atoms with E-state index in [4.69, 9.17) is 16.7 Å². The lowest BCUT2D eigenvalue weighted by Gasteiger charge is -2.06. The number of pyridine rings is 1. The third-order valence-corrected chi connectivity index (χ3v) is 2.17. The highest BCUT2D eigenvalue weighted by Crippen LogP contribution is 2.23. The molecule has 0 aliphatic carbocycles. The van der Waals surface area contributed by atoms with Crippen LogP contribution >= 0.6 is 11.6 Å². The molecule has 0 aliphatic heterocycles. The molecule has 16 heavy (non-hydrogen) atoms. The van der Waals surface area contributed by atoms with Gasteiger partial charge in [0.2, 0.25) is 0 Å². The summed E-state index contributed by atoms with van der Waals surface area (Å²) >= 11 is 5.70. The number of aromatic nitrogens is 1. The predicted octanol–water partition coefficient (Wildman–Crippen LogP) is 3.32. The van der Waals surface area contributed by atoms with E-state index >= 15 is 0 Å². The molecule has 0 radical (unpaired) electrons. The molecule has 82 valence electrons. The van der Waals surface area contributed by atoms with Gasteiger partial charge in [0.1, 0.15) is 5.15 Å². The lowest BCUT2D eigenvalue weighted by molar-refractivity contribution is 0.432. The normalized spacial score (nSPS) is 10.1. The molecule has 3 nitrogen and oxygen atoms in total. The fourth-order valence-corrected chi connectivity index (χ4v) is 1.41. The predicted molar refractivity (Wildman–Crippen MR) is 60.6 cm³/mol. The molecule has 0 saturated heterocycles. The Labute approximate surface area is 96.5 Å². The maximum Gasteiger partial charge on any atom is 0.166 e. The third-order valence-electron chi connectivity index (χ3n) is 1.96. The van der Waals surface area contributed by atoms with Crippen LogP contribution in [0.3, 0.4) is 0 Å². The summed E-state index contributed by atoms with van der Waals surface area (Å²) in [5.74, 6) is -1.05. The summed E-state index contributed by atoms with van der Waals surface area (Å²) in [7, 11) is 0. The molecule has 0 aliphatic rings. The van der Waals surface area contributed by atoms with E-state index in [1.807, 2.05) is 0 Å². The number of anilines is 2. The molecule has 2 rings (SSSR count). The maximum absolute atomic E-state index is 13.0. The van der Waals surface area contributed by atoms with E-state index < -0.39 is 5.82 Å². The zero-order valence-corrected chi connectivity index (χ0v) is 8.87. The molecule has 0 unspecified atom stereocenters. The van der Waals surface area contributed by atoms with Crippen LogP contribution < -0.4 is 5.32 Å². The molecule has 0 bridgehead atoms. The monoisotopic (exact) mass is 238 g/mol. The number of halogens is 2. The van der Waals surface area contributed by atoms with E-state index in [0.29, 0.717) is 16.5 Å². The van der Waals surface area contributed by atoms with Crippen LogP contribution in [-0.2, 0) is 0 Å². The van der Waals surface area contributed by atoms with Gasteiger partial charge in [0.25, 0.3) is 0 Å². The Bertz CT molecular complexity index is 519. The summed E-state index contributed by atoms with van der Waals surface area (Å²) in [6, 6.07) is 7.36. The molecular weight excluding hydrogens is 231 g/mol. The molecule has 0 amide bonds. The Morgan fingerprint density at radius 1 is 1.19 bits per heavy atom. The van der Waals surface area contributed by atoms with E-state index in [0.717, 1.165) is 0 Å². The molecule has 5 heteroatoms. The van der Waals surface area contributed by atoms with E-state index in [1.165, 1.54) is 12.1 Å². The van der Waals surface area contributed by atoms with Gasteiger partial charge in [-0.1, -0.05) is 11.6 Å². The molecule has 0 saturated carbocycles. The van der Waals surface area contributed by atoms with Crippen LogP contribution in [0.2, 0.25) is 5.15 Å². The minimum absolute atomic E-state index is 0.351. The molecule has 0 fully saturated rings. The second-order valence-electron chi connectivity index (χ2n) is 3.16. The zero-order valence-electron chi connectivity index (χ0n) is 8.11. The van der Waals surface area contributed by atoms with Gasteiger partial charge in [-0.25, -0.2) is 9.37 Å². The second-order valence-corrected chi connectivity index (χ2v) is 3.55. The summed E-state index contributed by atoms with van der Waals surface area (Å²) in [5, 5.41) is 12.3. The number of rotatable bonds is 2. The number of nitrogens with zero attached hydrogens (tertiary/aromatic N) is 1. The lowest BCUT2D eigenvalue weighted by Crippen LogP contribution is -1.91. The number of hydrogen-bond donors (Lipinski definition) is 2. The van der Waals surface area contributed by atoms with Gasteiger partial charge in [0.15, 0.2) is 11.6 Å². The van der Waals surface area contributed by atoms with E-state index in [1.54, 1.807) is 24.4 Å². The number of aromatic hydroxyl groups is 1. The van der Waals surface area contributed by atoms with Gasteiger partial charge in [-0.2, -0.15) is 0 Å². The van der Waals surface area contributed by atoms with Gasteiger partial charge in [-0.15, -0.1) is 0 Å². The molecule has 1 aromatic carbocycles. The van der Waals surface area contributed by atoms with Crippen molar-refractivity contribution >= 4 is 23.0 Å². The van der Waals surface area contributed by atoms with Crippen molar-refractivity contribution in [3.05, 3.63) is 47.5 Å². The van der Waals surface area contributed by atoms with Crippen molar-refractivity contribution < 1.29 is 9.50 Å². The van der Waals surface area contributed by atoms with Crippen LogP contribution in [0.15, 0.2) is 36.5 Å². The number of phenols is 1. The SMILES string of the molecule is Oc1ccc(Nc2ccnc(Cl)c2)cc1F. The van der Waals surface area contributed by atoms with Crippen molar-refractivity contribution in [2.24, 2.45) is 0 Å². The van der Waals surface area contributed by atoms with Crippen LogP contribution in [0.4, 0.5) is 15.8 Å².